The second-order valence-electron chi connectivity index (χ2n) is 5.51. The molecule has 0 bridgehead atoms. The summed E-state index contributed by atoms with van der Waals surface area (Å²) in [5.41, 5.74) is 0.587. The first-order chi connectivity index (χ1) is 12.5. The topological polar surface area (TPSA) is 89.8 Å². The number of carbonyl (C=O) groups is 2. The summed E-state index contributed by atoms with van der Waals surface area (Å²) < 4.78 is 5.47. The first-order valence-corrected chi connectivity index (χ1v) is 8.27. The molecule has 0 unspecified atom stereocenters. The Hall–Kier alpha value is -3.22. The summed E-state index contributed by atoms with van der Waals surface area (Å²) in [5, 5.41) is 10.7. The van der Waals surface area contributed by atoms with Crippen LogP contribution < -0.4 is 0 Å². The number of nitro groups is 1. The standard InChI is InChI=1S/C19H20N2O5/c1-3-20(4-2)18(22)17(14-8-6-5-7-9-14)26-19(23)15-10-12-16(13-11-15)21(24)25/h5-13,17H,3-4H2,1-2H3/t17-/m1/s1. The van der Waals surface area contributed by atoms with Crippen molar-refractivity contribution >= 4 is 17.6 Å². The number of hydrogen-bond acceptors (Lipinski definition) is 5. The van der Waals surface area contributed by atoms with Crippen molar-refractivity contribution in [3.63, 3.8) is 0 Å². The fourth-order valence-corrected chi connectivity index (χ4v) is 2.48. The summed E-state index contributed by atoms with van der Waals surface area (Å²) in [7, 11) is 0. The van der Waals surface area contributed by atoms with Crippen molar-refractivity contribution in [1.29, 1.82) is 0 Å². The predicted octanol–water partition coefficient (Wildman–Crippen LogP) is 3.36. The maximum Gasteiger partial charge on any atom is 0.339 e. The van der Waals surface area contributed by atoms with Crippen molar-refractivity contribution in [2.75, 3.05) is 13.1 Å². The summed E-state index contributed by atoms with van der Waals surface area (Å²) in [5.74, 6) is -1.02. The molecule has 7 heteroatoms. The Kier molecular flexibility index (Phi) is 6.43. The molecule has 2 aromatic rings. The van der Waals surface area contributed by atoms with Gasteiger partial charge < -0.3 is 9.64 Å². The fraction of sp³-hybridized carbons (Fsp3) is 0.263. The molecule has 1 amide bonds. The first kappa shape index (κ1) is 19.1. The van der Waals surface area contributed by atoms with Gasteiger partial charge in [0.05, 0.1) is 10.5 Å². The molecule has 26 heavy (non-hydrogen) atoms. The molecule has 2 rings (SSSR count). The summed E-state index contributed by atoms with van der Waals surface area (Å²) in [6.07, 6.45) is -1.07. The van der Waals surface area contributed by atoms with Crippen molar-refractivity contribution in [2.24, 2.45) is 0 Å². The minimum Gasteiger partial charge on any atom is -0.444 e. The summed E-state index contributed by atoms with van der Waals surface area (Å²) in [6.45, 7) is 4.69. The van der Waals surface area contributed by atoms with Gasteiger partial charge in [-0.2, -0.15) is 0 Å². The highest BCUT2D eigenvalue weighted by Gasteiger charge is 2.28. The second-order valence-corrected chi connectivity index (χ2v) is 5.51. The van der Waals surface area contributed by atoms with Gasteiger partial charge in [0.15, 0.2) is 0 Å². The van der Waals surface area contributed by atoms with Gasteiger partial charge in [-0.15, -0.1) is 0 Å². The average Bonchev–Trinajstić information content (AvgIpc) is 2.67. The number of carbonyl (C=O) groups excluding carboxylic acids is 2. The molecule has 0 aliphatic rings. The van der Waals surface area contributed by atoms with Crippen LogP contribution in [0.25, 0.3) is 0 Å². The molecule has 0 saturated carbocycles. The molecule has 0 saturated heterocycles. The molecule has 0 aliphatic heterocycles. The first-order valence-electron chi connectivity index (χ1n) is 8.27. The lowest BCUT2D eigenvalue weighted by Gasteiger charge is -2.25. The molecule has 0 heterocycles. The Morgan fingerprint density at radius 1 is 1.04 bits per heavy atom. The van der Waals surface area contributed by atoms with Crippen LogP contribution in [-0.2, 0) is 9.53 Å². The van der Waals surface area contributed by atoms with E-state index in [9.17, 15) is 19.7 Å². The van der Waals surface area contributed by atoms with Crippen LogP contribution in [0.1, 0.15) is 35.9 Å². The molecule has 7 nitrogen and oxygen atoms in total. The molecule has 0 aromatic heterocycles. The van der Waals surface area contributed by atoms with Gasteiger partial charge in [-0.3, -0.25) is 14.9 Å². The number of likely N-dealkylation sites (N-methyl/N-ethyl adjacent to an activating group) is 1. The second kappa shape index (κ2) is 8.75. The van der Waals surface area contributed by atoms with Crippen LogP contribution in [-0.4, -0.2) is 34.8 Å². The maximum atomic E-state index is 12.8. The number of ether oxygens (including phenoxy) is 1. The molecular formula is C19H20N2O5. The summed E-state index contributed by atoms with van der Waals surface area (Å²) >= 11 is 0. The van der Waals surface area contributed by atoms with Gasteiger partial charge in [0, 0.05) is 30.8 Å². The lowest BCUT2D eigenvalue weighted by atomic mass is 10.1. The number of rotatable bonds is 7. The Morgan fingerprint density at radius 2 is 1.62 bits per heavy atom. The minimum atomic E-state index is -1.07. The van der Waals surface area contributed by atoms with Crippen LogP contribution in [0.5, 0.6) is 0 Å². The van der Waals surface area contributed by atoms with Gasteiger partial charge in [0.25, 0.3) is 11.6 Å². The van der Waals surface area contributed by atoms with E-state index in [1.165, 1.54) is 24.3 Å². The SMILES string of the molecule is CCN(CC)C(=O)[C@H](OC(=O)c1ccc([N+](=O)[O-])cc1)c1ccccc1. The molecule has 1 atom stereocenters. The highest BCUT2D eigenvalue weighted by Crippen LogP contribution is 2.22. The van der Waals surface area contributed by atoms with Crippen LogP contribution in [0.15, 0.2) is 54.6 Å². The van der Waals surface area contributed by atoms with Crippen LogP contribution in [0.3, 0.4) is 0 Å². The number of benzene rings is 2. The highest BCUT2D eigenvalue weighted by atomic mass is 16.6. The van der Waals surface area contributed by atoms with E-state index in [0.29, 0.717) is 18.7 Å². The van der Waals surface area contributed by atoms with Crippen molar-refractivity contribution in [1.82, 2.24) is 4.90 Å². The quantitative estimate of drug-likeness (QED) is 0.431. The van der Waals surface area contributed by atoms with E-state index in [1.807, 2.05) is 13.8 Å². The Balaban J connectivity index is 2.27. The summed E-state index contributed by atoms with van der Waals surface area (Å²) in [6, 6.07) is 13.8. The predicted molar refractivity (Wildman–Crippen MR) is 95.6 cm³/mol. The zero-order valence-corrected chi connectivity index (χ0v) is 14.6. The van der Waals surface area contributed by atoms with E-state index < -0.39 is 17.0 Å². The molecule has 0 radical (unpaired) electrons. The Morgan fingerprint density at radius 3 is 2.12 bits per heavy atom. The lowest BCUT2D eigenvalue weighted by Crippen LogP contribution is -2.36. The van der Waals surface area contributed by atoms with Gasteiger partial charge in [-0.25, -0.2) is 4.79 Å². The van der Waals surface area contributed by atoms with E-state index in [2.05, 4.69) is 0 Å². The number of esters is 1. The van der Waals surface area contributed by atoms with Crippen molar-refractivity contribution < 1.29 is 19.2 Å². The molecular weight excluding hydrogens is 336 g/mol. The molecule has 0 spiro atoms. The average molecular weight is 356 g/mol. The molecule has 0 N–H and O–H groups in total. The molecule has 0 aliphatic carbocycles. The number of non-ortho nitro benzene ring substituents is 1. The van der Waals surface area contributed by atoms with E-state index in [-0.39, 0.29) is 17.2 Å². The smallest absolute Gasteiger partial charge is 0.339 e. The number of amides is 1. The van der Waals surface area contributed by atoms with E-state index in [1.54, 1.807) is 35.2 Å². The minimum absolute atomic E-state index is 0.125. The van der Waals surface area contributed by atoms with Gasteiger partial charge in [-0.05, 0) is 26.0 Å². The lowest BCUT2D eigenvalue weighted by molar-refractivity contribution is -0.384. The van der Waals surface area contributed by atoms with Crippen LogP contribution in [0.2, 0.25) is 0 Å². The third-order valence-corrected chi connectivity index (χ3v) is 3.94. The normalized spacial score (nSPS) is 11.5. The largest absolute Gasteiger partial charge is 0.444 e. The van der Waals surface area contributed by atoms with Gasteiger partial charge >= 0.3 is 5.97 Å². The van der Waals surface area contributed by atoms with Crippen LogP contribution in [0.4, 0.5) is 5.69 Å². The van der Waals surface area contributed by atoms with E-state index in [0.717, 1.165) is 0 Å². The van der Waals surface area contributed by atoms with Crippen molar-refractivity contribution in [3.05, 3.63) is 75.8 Å². The van der Waals surface area contributed by atoms with Gasteiger partial charge in [0.2, 0.25) is 6.10 Å². The van der Waals surface area contributed by atoms with Crippen LogP contribution >= 0.6 is 0 Å². The van der Waals surface area contributed by atoms with Crippen molar-refractivity contribution in [3.8, 4) is 0 Å². The Labute approximate surface area is 151 Å². The maximum absolute atomic E-state index is 12.8. The molecule has 0 fully saturated rings. The summed E-state index contributed by atoms with van der Waals surface area (Å²) in [4.78, 5) is 37.0. The van der Waals surface area contributed by atoms with Crippen molar-refractivity contribution in [2.45, 2.75) is 20.0 Å². The third kappa shape index (κ3) is 4.44. The number of hydrogen-bond donors (Lipinski definition) is 0. The van der Waals surface area contributed by atoms with Gasteiger partial charge in [-0.1, -0.05) is 30.3 Å². The monoisotopic (exact) mass is 356 g/mol. The fourth-order valence-electron chi connectivity index (χ4n) is 2.48. The number of nitrogens with zero attached hydrogens (tertiary/aromatic N) is 2. The number of nitro benzene ring substituents is 1. The Bertz CT molecular complexity index is 770. The van der Waals surface area contributed by atoms with E-state index >= 15 is 0 Å². The van der Waals surface area contributed by atoms with E-state index in [4.69, 9.17) is 4.74 Å². The zero-order chi connectivity index (χ0) is 19.1. The highest BCUT2D eigenvalue weighted by molar-refractivity contribution is 5.93. The van der Waals surface area contributed by atoms with Gasteiger partial charge in [0.1, 0.15) is 0 Å². The van der Waals surface area contributed by atoms with Crippen LogP contribution in [0, 0.1) is 10.1 Å². The molecule has 136 valence electrons. The molecule has 2 aromatic carbocycles. The zero-order valence-electron chi connectivity index (χ0n) is 14.6. The third-order valence-electron chi connectivity index (χ3n) is 3.94.